The minimum absolute atomic E-state index is 0.741. The summed E-state index contributed by atoms with van der Waals surface area (Å²) in [6.45, 7) is 7.03. The fourth-order valence-electron chi connectivity index (χ4n) is 2.95. The highest BCUT2D eigenvalue weighted by atomic mass is 32.2. The zero-order valence-electron chi connectivity index (χ0n) is 11.5. The van der Waals surface area contributed by atoms with E-state index in [1.807, 2.05) is 11.8 Å². The molecule has 16 heavy (non-hydrogen) atoms. The molecule has 0 amide bonds. The Hall–Kier alpha value is 0.310. The molecular formula is C14H29NS. The highest BCUT2D eigenvalue weighted by Crippen LogP contribution is 2.29. The molecule has 1 fully saturated rings. The van der Waals surface area contributed by atoms with Gasteiger partial charge < -0.3 is 5.32 Å². The highest BCUT2D eigenvalue weighted by Gasteiger charge is 2.26. The molecule has 1 N–H and O–H groups in total. The first kappa shape index (κ1) is 14.4. The van der Waals surface area contributed by atoms with Gasteiger partial charge in [-0.2, -0.15) is 11.8 Å². The summed E-state index contributed by atoms with van der Waals surface area (Å²) in [6, 6.07) is 1.53. The lowest BCUT2D eigenvalue weighted by molar-refractivity contribution is 0.312. The Kier molecular flexibility index (Phi) is 6.83. The van der Waals surface area contributed by atoms with E-state index in [0.29, 0.717) is 0 Å². The van der Waals surface area contributed by atoms with E-state index in [1.165, 1.54) is 38.5 Å². The Bertz CT molecular complexity index is 184. The molecule has 1 nitrogen and oxygen atoms in total. The molecule has 1 saturated carbocycles. The van der Waals surface area contributed by atoms with E-state index in [0.717, 1.165) is 23.3 Å². The third-order valence-corrected chi connectivity index (χ3v) is 5.13. The molecule has 0 aliphatic heterocycles. The van der Waals surface area contributed by atoms with Crippen LogP contribution in [0.4, 0.5) is 0 Å². The lowest BCUT2D eigenvalue weighted by atomic mass is 9.94. The minimum Gasteiger partial charge on any atom is -0.311 e. The first-order valence-corrected chi connectivity index (χ1v) is 8.28. The number of hydrogen-bond donors (Lipinski definition) is 1. The van der Waals surface area contributed by atoms with Crippen molar-refractivity contribution in [2.45, 2.75) is 76.6 Å². The van der Waals surface area contributed by atoms with Crippen molar-refractivity contribution < 1.29 is 0 Å². The molecule has 1 rings (SSSR count). The lowest BCUT2D eigenvalue weighted by Crippen LogP contribution is -2.40. The van der Waals surface area contributed by atoms with Gasteiger partial charge in [-0.15, -0.1) is 0 Å². The van der Waals surface area contributed by atoms with Gasteiger partial charge in [0.25, 0.3) is 0 Å². The number of thioether (sulfide) groups is 1. The van der Waals surface area contributed by atoms with Crippen LogP contribution in [0.25, 0.3) is 0 Å². The maximum absolute atomic E-state index is 3.90. The Labute approximate surface area is 106 Å². The van der Waals surface area contributed by atoms with Gasteiger partial charge in [-0.25, -0.2) is 0 Å². The fraction of sp³-hybridized carbons (Fsp3) is 1.00. The summed E-state index contributed by atoms with van der Waals surface area (Å²) in [7, 11) is 0. The van der Waals surface area contributed by atoms with Crippen LogP contribution in [0, 0.1) is 5.92 Å². The van der Waals surface area contributed by atoms with Crippen molar-refractivity contribution >= 4 is 11.8 Å². The molecule has 1 aliphatic rings. The zero-order chi connectivity index (χ0) is 12.0. The highest BCUT2D eigenvalue weighted by molar-refractivity contribution is 7.99. The van der Waals surface area contributed by atoms with Gasteiger partial charge in [-0.1, -0.05) is 27.2 Å². The normalized spacial score (nSPS) is 29.2. The summed E-state index contributed by atoms with van der Waals surface area (Å²) in [4.78, 5) is 0. The SMILES string of the molecule is CCCC(C)C(CC)NC1CCC(SC)C1. The van der Waals surface area contributed by atoms with Crippen molar-refractivity contribution in [1.82, 2.24) is 5.32 Å². The number of nitrogens with one attached hydrogen (secondary N) is 1. The topological polar surface area (TPSA) is 12.0 Å². The second-order valence-electron chi connectivity index (χ2n) is 5.32. The van der Waals surface area contributed by atoms with Crippen molar-refractivity contribution in [2.75, 3.05) is 6.26 Å². The van der Waals surface area contributed by atoms with E-state index < -0.39 is 0 Å². The Morgan fingerprint density at radius 3 is 2.56 bits per heavy atom. The largest absolute Gasteiger partial charge is 0.311 e. The monoisotopic (exact) mass is 243 g/mol. The van der Waals surface area contributed by atoms with E-state index in [1.54, 1.807) is 0 Å². The van der Waals surface area contributed by atoms with E-state index in [-0.39, 0.29) is 0 Å². The van der Waals surface area contributed by atoms with Gasteiger partial charge in [0.1, 0.15) is 0 Å². The average molecular weight is 243 g/mol. The standard InChI is InChI=1S/C14H29NS/c1-5-7-11(3)14(6-2)15-12-8-9-13(10-12)16-4/h11-15H,5-10H2,1-4H3. The first-order valence-electron chi connectivity index (χ1n) is 7.00. The summed E-state index contributed by atoms with van der Waals surface area (Å²) in [6.07, 6.45) is 10.4. The first-order chi connectivity index (χ1) is 7.71. The molecule has 4 unspecified atom stereocenters. The average Bonchev–Trinajstić information content (AvgIpc) is 2.73. The van der Waals surface area contributed by atoms with Crippen LogP contribution in [-0.4, -0.2) is 23.6 Å². The molecular weight excluding hydrogens is 214 g/mol. The quantitative estimate of drug-likeness (QED) is 0.723. The van der Waals surface area contributed by atoms with Gasteiger partial charge in [0.15, 0.2) is 0 Å². The van der Waals surface area contributed by atoms with Crippen LogP contribution in [0.3, 0.4) is 0 Å². The molecule has 2 heteroatoms. The van der Waals surface area contributed by atoms with Crippen LogP contribution < -0.4 is 5.32 Å². The molecule has 0 aromatic heterocycles. The predicted octanol–water partition coefficient (Wildman–Crippen LogP) is 4.07. The van der Waals surface area contributed by atoms with Gasteiger partial charge in [0.2, 0.25) is 0 Å². The maximum atomic E-state index is 3.90. The van der Waals surface area contributed by atoms with Crippen LogP contribution in [0.5, 0.6) is 0 Å². The third kappa shape index (κ3) is 4.29. The van der Waals surface area contributed by atoms with Crippen LogP contribution >= 0.6 is 11.8 Å². The second-order valence-corrected chi connectivity index (χ2v) is 6.45. The molecule has 96 valence electrons. The number of rotatable bonds is 7. The lowest BCUT2D eigenvalue weighted by Gasteiger charge is -2.27. The molecule has 0 bridgehead atoms. The van der Waals surface area contributed by atoms with Crippen molar-refractivity contribution in [3.8, 4) is 0 Å². The molecule has 0 radical (unpaired) electrons. The van der Waals surface area contributed by atoms with Crippen LogP contribution in [0.1, 0.15) is 59.3 Å². The summed E-state index contributed by atoms with van der Waals surface area (Å²) in [5, 5.41) is 4.81. The van der Waals surface area contributed by atoms with Gasteiger partial charge in [-0.3, -0.25) is 0 Å². The molecule has 1 aliphatic carbocycles. The minimum atomic E-state index is 0.741. The summed E-state index contributed by atoms with van der Waals surface area (Å²) in [5.74, 6) is 0.836. The van der Waals surface area contributed by atoms with Crippen LogP contribution in [-0.2, 0) is 0 Å². The molecule has 0 aromatic carbocycles. The third-order valence-electron chi connectivity index (χ3n) is 4.04. The second kappa shape index (κ2) is 7.60. The van der Waals surface area contributed by atoms with Crippen LogP contribution in [0.15, 0.2) is 0 Å². The predicted molar refractivity (Wildman–Crippen MR) is 76.2 cm³/mol. The van der Waals surface area contributed by atoms with Crippen molar-refractivity contribution in [3.05, 3.63) is 0 Å². The molecule has 0 spiro atoms. The Morgan fingerprint density at radius 1 is 1.31 bits per heavy atom. The van der Waals surface area contributed by atoms with Crippen molar-refractivity contribution in [3.63, 3.8) is 0 Å². The molecule has 0 heterocycles. The van der Waals surface area contributed by atoms with E-state index in [4.69, 9.17) is 0 Å². The van der Waals surface area contributed by atoms with E-state index in [9.17, 15) is 0 Å². The Morgan fingerprint density at radius 2 is 2.06 bits per heavy atom. The van der Waals surface area contributed by atoms with Crippen molar-refractivity contribution in [1.29, 1.82) is 0 Å². The molecule has 0 saturated heterocycles. The van der Waals surface area contributed by atoms with Crippen LogP contribution in [0.2, 0.25) is 0 Å². The van der Waals surface area contributed by atoms with Gasteiger partial charge in [0.05, 0.1) is 0 Å². The zero-order valence-corrected chi connectivity index (χ0v) is 12.3. The summed E-state index contributed by atoms with van der Waals surface area (Å²) in [5.41, 5.74) is 0. The van der Waals surface area contributed by atoms with Gasteiger partial charge >= 0.3 is 0 Å². The summed E-state index contributed by atoms with van der Waals surface area (Å²) >= 11 is 2.05. The summed E-state index contributed by atoms with van der Waals surface area (Å²) < 4.78 is 0. The smallest absolute Gasteiger partial charge is 0.00926 e. The van der Waals surface area contributed by atoms with E-state index in [2.05, 4.69) is 32.3 Å². The maximum Gasteiger partial charge on any atom is 0.00926 e. The molecule has 4 atom stereocenters. The fourth-order valence-corrected chi connectivity index (χ4v) is 3.75. The molecule has 0 aromatic rings. The van der Waals surface area contributed by atoms with Gasteiger partial charge in [0, 0.05) is 17.3 Å². The number of hydrogen-bond acceptors (Lipinski definition) is 2. The Balaban J connectivity index is 2.33. The van der Waals surface area contributed by atoms with Gasteiger partial charge in [-0.05, 0) is 44.3 Å². The van der Waals surface area contributed by atoms with E-state index >= 15 is 0 Å². The van der Waals surface area contributed by atoms with Crippen molar-refractivity contribution in [2.24, 2.45) is 5.92 Å².